The maximum absolute atomic E-state index is 14.4. The summed E-state index contributed by atoms with van der Waals surface area (Å²) in [4.78, 5) is 19.0. The molecule has 0 bridgehead atoms. The van der Waals surface area contributed by atoms with Gasteiger partial charge in [0, 0.05) is 12.0 Å². The van der Waals surface area contributed by atoms with Crippen molar-refractivity contribution >= 4 is 28.9 Å². The van der Waals surface area contributed by atoms with Gasteiger partial charge in [-0.1, -0.05) is 24.3 Å². The molecule has 5 nitrogen and oxygen atoms in total. The molecule has 25 heavy (non-hydrogen) atoms. The summed E-state index contributed by atoms with van der Waals surface area (Å²) in [7, 11) is 0. The lowest BCUT2D eigenvalue weighted by Gasteiger charge is -2.12. The third-order valence-electron chi connectivity index (χ3n) is 4.31. The van der Waals surface area contributed by atoms with Crippen LogP contribution in [0.1, 0.15) is 34.7 Å². The average Bonchev–Trinajstić information content (AvgIpc) is 3.21. The number of hydrogen-bond donors (Lipinski definition) is 3. The minimum absolute atomic E-state index is 0.0645. The van der Waals surface area contributed by atoms with Crippen molar-refractivity contribution < 1.29 is 9.18 Å². The van der Waals surface area contributed by atoms with Gasteiger partial charge in [0.15, 0.2) is 0 Å². The molecular formula is C18H17FN4OS. The predicted octanol–water partition coefficient (Wildman–Crippen LogP) is 3.15. The van der Waals surface area contributed by atoms with Crippen LogP contribution in [0.3, 0.4) is 0 Å². The van der Waals surface area contributed by atoms with Crippen molar-refractivity contribution in [3.8, 4) is 0 Å². The highest BCUT2D eigenvalue weighted by Crippen LogP contribution is 2.36. The number of carbonyl (C=O) groups excluding carboxylic acids is 1. The number of nitrogens with two attached hydrogens (primary N) is 1. The van der Waals surface area contributed by atoms with E-state index in [1.165, 1.54) is 18.0 Å². The minimum atomic E-state index is -0.346. The van der Waals surface area contributed by atoms with E-state index in [1.807, 2.05) is 30.3 Å². The number of fused-ring (bicyclic) bond motifs is 1. The first kappa shape index (κ1) is 16.1. The van der Waals surface area contributed by atoms with Crippen LogP contribution < -0.4 is 10.5 Å². The standard InChI is InChI=1S/C18H17FN4OS/c19-12-7-10(5-6-11(12)16-9-17(24)23-25-16)8-13(20)18-21-14-3-1-2-4-15(14)22-18/h1-7,13,16H,8-9,20H2,(H,21,22)(H,23,24)/t13-,16?/m0/s1. The van der Waals surface area contributed by atoms with Crippen LogP contribution in [0, 0.1) is 5.82 Å². The third-order valence-corrected chi connectivity index (χ3v) is 5.36. The van der Waals surface area contributed by atoms with Crippen molar-refractivity contribution in [2.45, 2.75) is 24.1 Å². The summed E-state index contributed by atoms with van der Waals surface area (Å²) in [5, 5.41) is -0.175. The van der Waals surface area contributed by atoms with Gasteiger partial charge in [0.2, 0.25) is 5.91 Å². The van der Waals surface area contributed by atoms with Gasteiger partial charge in [0.1, 0.15) is 11.6 Å². The molecule has 0 radical (unpaired) electrons. The van der Waals surface area contributed by atoms with Crippen molar-refractivity contribution in [2.24, 2.45) is 5.73 Å². The van der Waals surface area contributed by atoms with Gasteiger partial charge in [0.05, 0.1) is 22.3 Å². The lowest BCUT2D eigenvalue weighted by molar-refractivity contribution is -0.118. The van der Waals surface area contributed by atoms with E-state index < -0.39 is 0 Å². The Bertz CT molecular complexity index is 909. The Hall–Kier alpha value is -2.38. The van der Waals surface area contributed by atoms with Gasteiger partial charge in [0.25, 0.3) is 0 Å². The lowest BCUT2D eigenvalue weighted by Crippen LogP contribution is -2.15. The van der Waals surface area contributed by atoms with E-state index in [-0.39, 0.29) is 23.0 Å². The molecule has 1 amide bonds. The van der Waals surface area contributed by atoms with Crippen LogP contribution in [0.4, 0.5) is 4.39 Å². The van der Waals surface area contributed by atoms with Gasteiger partial charge < -0.3 is 10.7 Å². The number of rotatable bonds is 4. The summed E-state index contributed by atoms with van der Waals surface area (Å²) in [5.41, 5.74) is 9.39. The minimum Gasteiger partial charge on any atom is -0.341 e. The number of imidazole rings is 1. The number of aromatic amines is 1. The van der Waals surface area contributed by atoms with Crippen molar-refractivity contribution in [2.75, 3.05) is 0 Å². The maximum Gasteiger partial charge on any atom is 0.231 e. The molecule has 3 aromatic rings. The fourth-order valence-corrected chi connectivity index (χ4v) is 3.93. The number of halogens is 1. The van der Waals surface area contributed by atoms with Crippen LogP contribution in [-0.2, 0) is 11.2 Å². The summed E-state index contributed by atoms with van der Waals surface area (Å²) in [5.74, 6) is 0.320. The highest BCUT2D eigenvalue weighted by atomic mass is 32.2. The van der Waals surface area contributed by atoms with E-state index in [4.69, 9.17) is 5.73 Å². The molecule has 0 aliphatic carbocycles. The van der Waals surface area contributed by atoms with Crippen molar-refractivity contribution in [1.82, 2.24) is 14.7 Å². The number of nitrogens with zero attached hydrogens (tertiary/aromatic N) is 1. The fraction of sp³-hybridized carbons (Fsp3) is 0.222. The monoisotopic (exact) mass is 356 g/mol. The summed E-state index contributed by atoms with van der Waals surface area (Å²) >= 11 is 1.26. The van der Waals surface area contributed by atoms with E-state index >= 15 is 0 Å². The van der Waals surface area contributed by atoms with Crippen molar-refractivity contribution in [3.63, 3.8) is 0 Å². The van der Waals surface area contributed by atoms with E-state index in [2.05, 4.69) is 14.7 Å². The number of carbonyl (C=O) groups is 1. The predicted molar refractivity (Wildman–Crippen MR) is 96.2 cm³/mol. The van der Waals surface area contributed by atoms with Crippen LogP contribution >= 0.6 is 11.9 Å². The molecule has 7 heteroatoms. The maximum atomic E-state index is 14.4. The van der Waals surface area contributed by atoms with Crippen LogP contribution in [0.2, 0.25) is 0 Å². The Morgan fingerprint density at radius 3 is 2.88 bits per heavy atom. The second-order valence-corrected chi connectivity index (χ2v) is 7.15. The summed E-state index contributed by atoms with van der Waals surface area (Å²) in [6.07, 6.45) is 0.783. The zero-order valence-electron chi connectivity index (χ0n) is 13.3. The highest BCUT2D eigenvalue weighted by molar-refractivity contribution is 7.98. The molecule has 128 valence electrons. The molecule has 4 N–H and O–H groups in total. The Balaban J connectivity index is 1.52. The van der Waals surface area contributed by atoms with Gasteiger partial charge in [-0.05, 0) is 42.1 Å². The SMILES string of the molecule is N[C@@H](Cc1ccc(C2CC(=O)NS2)c(F)c1)c1nc2ccccc2[nH]1. The van der Waals surface area contributed by atoms with Crippen molar-refractivity contribution in [1.29, 1.82) is 0 Å². The normalized spacial score (nSPS) is 18.5. The van der Waals surface area contributed by atoms with Crippen molar-refractivity contribution in [3.05, 3.63) is 65.2 Å². The topological polar surface area (TPSA) is 83.8 Å². The fourth-order valence-electron chi connectivity index (χ4n) is 3.02. The number of amides is 1. The first-order chi connectivity index (χ1) is 12.1. The van der Waals surface area contributed by atoms with E-state index in [0.717, 1.165) is 16.6 Å². The molecule has 1 aliphatic heterocycles. The van der Waals surface area contributed by atoms with E-state index in [0.29, 0.717) is 24.2 Å². The Labute approximate surface area is 148 Å². The summed E-state index contributed by atoms with van der Waals surface area (Å²) < 4.78 is 17.1. The van der Waals surface area contributed by atoms with E-state index in [1.54, 1.807) is 6.07 Å². The molecule has 4 rings (SSSR count). The summed E-state index contributed by atoms with van der Waals surface area (Å²) in [6, 6.07) is 12.5. The smallest absolute Gasteiger partial charge is 0.231 e. The molecule has 1 unspecified atom stereocenters. The molecule has 1 aliphatic rings. The number of H-pyrrole nitrogens is 1. The molecule has 1 fully saturated rings. The third kappa shape index (κ3) is 3.25. The quantitative estimate of drug-likeness (QED) is 0.627. The Morgan fingerprint density at radius 2 is 2.16 bits per heavy atom. The Morgan fingerprint density at radius 1 is 1.32 bits per heavy atom. The molecular weight excluding hydrogens is 339 g/mol. The molecule has 0 saturated carbocycles. The van der Waals surface area contributed by atoms with Gasteiger partial charge in [-0.2, -0.15) is 0 Å². The molecule has 2 aromatic carbocycles. The second kappa shape index (κ2) is 6.50. The van der Waals surface area contributed by atoms with Crippen LogP contribution in [0.5, 0.6) is 0 Å². The largest absolute Gasteiger partial charge is 0.341 e. The van der Waals surface area contributed by atoms with Gasteiger partial charge in [-0.3, -0.25) is 9.52 Å². The van der Waals surface area contributed by atoms with Gasteiger partial charge >= 0.3 is 0 Å². The number of nitrogens with one attached hydrogen (secondary N) is 2. The number of para-hydroxylation sites is 2. The molecule has 0 spiro atoms. The zero-order valence-corrected chi connectivity index (χ0v) is 14.1. The molecule has 2 atom stereocenters. The molecule has 1 aromatic heterocycles. The van der Waals surface area contributed by atoms with Crippen LogP contribution in [0.15, 0.2) is 42.5 Å². The first-order valence-corrected chi connectivity index (χ1v) is 8.91. The highest BCUT2D eigenvalue weighted by Gasteiger charge is 2.26. The summed E-state index contributed by atoms with van der Waals surface area (Å²) in [6.45, 7) is 0. The average molecular weight is 356 g/mol. The van der Waals surface area contributed by atoms with E-state index in [9.17, 15) is 9.18 Å². The van der Waals surface area contributed by atoms with Crippen LogP contribution in [0.25, 0.3) is 11.0 Å². The zero-order chi connectivity index (χ0) is 17.4. The molecule has 1 saturated heterocycles. The number of benzene rings is 2. The molecule has 2 heterocycles. The van der Waals surface area contributed by atoms with Gasteiger partial charge in [-0.25, -0.2) is 9.37 Å². The second-order valence-electron chi connectivity index (χ2n) is 6.14. The number of aromatic nitrogens is 2. The van der Waals surface area contributed by atoms with Gasteiger partial charge in [-0.15, -0.1) is 0 Å². The Kier molecular flexibility index (Phi) is 4.19. The lowest BCUT2D eigenvalue weighted by atomic mass is 10.0. The first-order valence-electron chi connectivity index (χ1n) is 8.03. The number of hydrogen-bond acceptors (Lipinski definition) is 4. The van der Waals surface area contributed by atoms with Crippen LogP contribution in [-0.4, -0.2) is 15.9 Å².